The Kier molecular flexibility index (Phi) is 3.40. The van der Waals surface area contributed by atoms with Crippen molar-refractivity contribution in [2.24, 2.45) is 5.73 Å². The molecule has 0 saturated carbocycles. The average molecular weight is 329 g/mol. The van der Waals surface area contributed by atoms with Gasteiger partial charge in [-0.15, -0.1) is 0 Å². The first kappa shape index (κ1) is 15.7. The lowest BCUT2D eigenvalue weighted by Gasteiger charge is -2.15. The fraction of sp³-hybridized carbons (Fsp3) is 0.188. The van der Waals surface area contributed by atoms with Gasteiger partial charge in [-0.25, -0.2) is 4.39 Å². The Labute approximate surface area is 136 Å². The van der Waals surface area contributed by atoms with Crippen LogP contribution in [-0.2, 0) is 0 Å². The number of fused-ring (bicyclic) bond motifs is 1. The van der Waals surface area contributed by atoms with E-state index in [1.807, 2.05) is 0 Å². The molecule has 5 N–H and O–H groups in total. The summed E-state index contributed by atoms with van der Waals surface area (Å²) in [5.74, 6) is -1.50. The van der Waals surface area contributed by atoms with Crippen LogP contribution >= 0.6 is 0 Å². The number of rotatable bonds is 2. The number of aromatic hydroxyl groups is 1. The first-order valence-electron chi connectivity index (χ1n) is 7.16. The van der Waals surface area contributed by atoms with Crippen LogP contribution in [0.2, 0.25) is 0 Å². The van der Waals surface area contributed by atoms with Crippen molar-refractivity contribution in [3.8, 4) is 11.4 Å². The van der Waals surface area contributed by atoms with Crippen molar-refractivity contribution in [1.82, 2.24) is 14.5 Å². The molecule has 0 radical (unpaired) electrons. The maximum absolute atomic E-state index is 14.8. The molecule has 124 valence electrons. The van der Waals surface area contributed by atoms with Gasteiger partial charge in [-0.05, 0) is 20.8 Å². The molecule has 0 saturated heterocycles. The molecule has 1 amide bonds. The molecule has 0 aliphatic heterocycles. The van der Waals surface area contributed by atoms with Gasteiger partial charge in [0, 0.05) is 17.1 Å². The van der Waals surface area contributed by atoms with Gasteiger partial charge in [-0.3, -0.25) is 19.3 Å². The highest BCUT2D eigenvalue weighted by Crippen LogP contribution is 2.36. The number of primary amides is 1. The maximum atomic E-state index is 14.8. The number of amides is 1. The lowest BCUT2D eigenvalue weighted by atomic mass is 10.1. The maximum Gasteiger partial charge on any atom is 0.253 e. The fourth-order valence-electron chi connectivity index (χ4n) is 2.87. The molecule has 7 nitrogen and oxygen atoms in total. The van der Waals surface area contributed by atoms with Gasteiger partial charge < -0.3 is 16.6 Å². The Morgan fingerprint density at radius 1 is 1.21 bits per heavy atom. The normalized spacial score (nSPS) is 11.2. The average Bonchev–Trinajstić information content (AvgIpc) is 2.81. The summed E-state index contributed by atoms with van der Waals surface area (Å²) >= 11 is 0. The summed E-state index contributed by atoms with van der Waals surface area (Å²) in [7, 11) is 0. The van der Waals surface area contributed by atoms with Gasteiger partial charge in [0.15, 0.2) is 5.82 Å². The van der Waals surface area contributed by atoms with Crippen molar-refractivity contribution in [3.05, 3.63) is 40.7 Å². The Hall–Kier alpha value is -3.16. The molecule has 0 spiro atoms. The summed E-state index contributed by atoms with van der Waals surface area (Å²) in [5.41, 5.74) is 13.1. The molecular formula is C16H16FN5O2. The van der Waals surface area contributed by atoms with E-state index in [2.05, 4.69) is 9.97 Å². The summed E-state index contributed by atoms with van der Waals surface area (Å²) in [6, 6.07) is 0. The minimum absolute atomic E-state index is 0.0152. The fourth-order valence-corrected chi connectivity index (χ4v) is 2.87. The molecule has 0 aliphatic rings. The smallest absolute Gasteiger partial charge is 0.253 e. The number of carbonyl (C=O) groups excluding carboxylic acids is 1. The van der Waals surface area contributed by atoms with Crippen LogP contribution in [0.3, 0.4) is 0 Å². The largest absolute Gasteiger partial charge is 0.506 e. The van der Waals surface area contributed by atoms with E-state index < -0.39 is 11.7 Å². The molecule has 24 heavy (non-hydrogen) atoms. The van der Waals surface area contributed by atoms with Crippen LogP contribution in [0.15, 0.2) is 12.4 Å². The molecule has 0 bridgehead atoms. The van der Waals surface area contributed by atoms with E-state index in [-0.39, 0.29) is 33.7 Å². The Morgan fingerprint density at radius 3 is 2.46 bits per heavy atom. The van der Waals surface area contributed by atoms with Crippen LogP contribution in [0, 0.1) is 26.6 Å². The van der Waals surface area contributed by atoms with Crippen molar-refractivity contribution >= 4 is 22.6 Å². The molecule has 0 fully saturated rings. The lowest BCUT2D eigenvalue weighted by Crippen LogP contribution is -2.14. The molecule has 0 aliphatic carbocycles. The van der Waals surface area contributed by atoms with E-state index in [0.717, 1.165) is 0 Å². The minimum atomic E-state index is -0.787. The molecule has 3 aromatic rings. The molecule has 3 rings (SSSR count). The number of aryl methyl sites for hydroxylation is 2. The highest BCUT2D eigenvalue weighted by Gasteiger charge is 2.26. The minimum Gasteiger partial charge on any atom is -0.506 e. The van der Waals surface area contributed by atoms with Gasteiger partial charge in [-0.1, -0.05) is 0 Å². The van der Waals surface area contributed by atoms with Crippen LogP contribution in [0.1, 0.15) is 27.3 Å². The van der Waals surface area contributed by atoms with Gasteiger partial charge in [0.05, 0.1) is 34.4 Å². The summed E-state index contributed by atoms with van der Waals surface area (Å²) in [6.07, 6.45) is 2.66. The third kappa shape index (κ3) is 1.99. The number of nitrogens with two attached hydrogens (primary N) is 2. The van der Waals surface area contributed by atoms with Crippen molar-refractivity contribution in [3.63, 3.8) is 0 Å². The number of anilines is 1. The second-order valence-electron chi connectivity index (χ2n) is 5.58. The van der Waals surface area contributed by atoms with Gasteiger partial charge in [-0.2, -0.15) is 0 Å². The Balaban J connectivity index is 2.59. The zero-order valence-electron chi connectivity index (χ0n) is 13.4. The quantitative estimate of drug-likeness (QED) is 0.663. The number of hydrogen-bond acceptors (Lipinski definition) is 5. The van der Waals surface area contributed by atoms with E-state index in [4.69, 9.17) is 11.5 Å². The number of carbonyl (C=O) groups is 1. The lowest BCUT2D eigenvalue weighted by molar-refractivity contribution is 0.100. The van der Waals surface area contributed by atoms with E-state index >= 15 is 0 Å². The van der Waals surface area contributed by atoms with Crippen LogP contribution in [-0.4, -0.2) is 25.5 Å². The summed E-state index contributed by atoms with van der Waals surface area (Å²) in [5, 5.41) is 10.2. The van der Waals surface area contributed by atoms with Crippen LogP contribution in [0.5, 0.6) is 5.75 Å². The highest BCUT2D eigenvalue weighted by molar-refractivity contribution is 6.11. The van der Waals surface area contributed by atoms with Crippen LogP contribution in [0.25, 0.3) is 16.6 Å². The van der Waals surface area contributed by atoms with Crippen molar-refractivity contribution in [2.45, 2.75) is 20.8 Å². The number of nitrogens with zero attached hydrogens (tertiary/aromatic N) is 3. The van der Waals surface area contributed by atoms with E-state index in [0.29, 0.717) is 16.9 Å². The molecule has 3 aromatic heterocycles. The number of halogens is 1. The molecular weight excluding hydrogens is 313 g/mol. The predicted octanol–water partition coefficient (Wildman–Crippen LogP) is 1.87. The van der Waals surface area contributed by atoms with Crippen LogP contribution in [0.4, 0.5) is 10.2 Å². The highest BCUT2D eigenvalue weighted by atomic mass is 19.1. The van der Waals surface area contributed by atoms with E-state index in [1.54, 1.807) is 13.8 Å². The van der Waals surface area contributed by atoms with Crippen molar-refractivity contribution in [1.29, 1.82) is 0 Å². The zero-order valence-corrected chi connectivity index (χ0v) is 13.4. The predicted molar refractivity (Wildman–Crippen MR) is 87.6 cm³/mol. The topological polar surface area (TPSA) is 120 Å². The molecule has 0 aromatic carbocycles. The molecule has 3 heterocycles. The summed E-state index contributed by atoms with van der Waals surface area (Å²) < 4.78 is 16.1. The molecule has 8 heteroatoms. The van der Waals surface area contributed by atoms with Crippen molar-refractivity contribution < 1.29 is 14.3 Å². The Bertz CT molecular complexity index is 1010. The SMILES string of the molecule is Cc1ncc(O)c(C)c1-n1c(N)c(C(N)=O)c2cnc(C)c(F)c21. The van der Waals surface area contributed by atoms with Gasteiger partial charge in [0.1, 0.15) is 11.6 Å². The van der Waals surface area contributed by atoms with Crippen molar-refractivity contribution in [2.75, 3.05) is 5.73 Å². The number of aromatic nitrogens is 3. The Morgan fingerprint density at radius 2 is 1.83 bits per heavy atom. The number of pyridine rings is 2. The third-order valence-corrected chi connectivity index (χ3v) is 4.09. The monoisotopic (exact) mass is 329 g/mol. The van der Waals surface area contributed by atoms with E-state index in [9.17, 15) is 14.3 Å². The van der Waals surface area contributed by atoms with Gasteiger partial charge in [0.25, 0.3) is 5.91 Å². The standard InChI is InChI=1S/C16H16FN5O2/c1-6-10(23)5-21-8(3)13(6)22-14-9(4-20-7(2)12(14)17)11(15(22)18)16(19)24/h4-5,23H,18H2,1-3H3,(H2,19,24). The van der Waals surface area contributed by atoms with Crippen LogP contribution < -0.4 is 11.5 Å². The molecule has 0 unspecified atom stereocenters. The number of hydrogen-bond donors (Lipinski definition) is 3. The molecule has 0 atom stereocenters. The second-order valence-corrected chi connectivity index (χ2v) is 5.58. The zero-order chi connectivity index (χ0) is 17.8. The van der Waals surface area contributed by atoms with Gasteiger partial charge in [0.2, 0.25) is 0 Å². The first-order valence-corrected chi connectivity index (χ1v) is 7.16. The van der Waals surface area contributed by atoms with Gasteiger partial charge >= 0.3 is 0 Å². The third-order valence-electron chi connectivity index (χ3n) is 4.09. The number of nitrogen functional groups attached to an aromatic ring is 1. The summed E-state index contributed by atoms with van der Waals surface area (Å²) in [6.45, 7) is 4.86. The van der Waals surface area contributed by atoms with E-state index in [1.165, 1.54) is 23.9 Å². The second kappa shape index (κ2) is 5.19. The first-order chi connectivity index (χ1) is 11.3. The summed E-state index contributed by atoms with van der Waals surface area (Å²) in [4.78, 5) is 19.9.